The van der Waals surface area contributed by atoms with Crippen molar-refractivity contribution >= 4 is 0 Å². The lowest BCUT2D eigenvalue weighted by Crippen LogP contribution is -2.62. The van der Waals surface area contributed by atoms with Crippen LogP contribution in [-0.4, -0.2) is 38.0 Å². The average Bonchev–Trinajstić information content (AvgIpc) is 2.34. The van der Waals surface area contributed by atoms with E-state index in [1.165, 1.54) is 0 Å². The van der Waals surface area contributed by atoms with Crippen molar-refractivity contribution in [2.45, 2.75) is 67.0 Å². The minimum Gasteiger partial charge on any atom is -0.349 e. The van der Waals surface area contributed by atoms with Crippen molar-refractivity contribution in [1.82, 2.24) is 0 Å². The molecular formula is C17H32O4. The number of hydrogen-bond donors (Lipinski definition) is 0. The fourth-order valence-electron chi connectivity index (χ4n) is 2.36. The Morgan fingerprint density at radius 2 is 0.810 bits per heavy atom. The Balaban J connectivity index is 2.01. The van der Waals surface area contributed by atoms with Gasteiger partial charge in [-0.2, -0.15) is 0 Å². The largest absolute Gasteiger partial charge is 0.349 e. The molecule has 4 nitrogen and oxygen atoms in total. The summed E-state index contributed by atoms with van der Waals surface area (Å²) in [5, 5.41) is 0. The van der Waals surface area contributed by atoms with E-state index in [0.717, 1.165) is 0 Å². The van der Waals surface area contributed by atoms with Crippen LogP contribution in [0.15, 0.2) is 0 Å². The van der Waals surface area contributed by atoms with E-state index in [4.69, 9.17) is 18.9 Å². The van der Waals surface area contributed by atoms with Gasteiger partial charge in [-0.1, -0.05) is 41.5 Å². The predicted molar refractivity (Wildman–Crippen MR) is 82.0 cm³/mol. The summed E-state index contributed by atoms with van der Waals surface area (Å²) in [6.07, 6.45) is 0. The molecule has 0 radical (unpaired) electrons. The molecule has 0 N–H and O–H groups in total. The molecule has 2 fully saturated rings. The van der Waals surface area contributed by atoms with E-state index >= 15 is 0 Å². The molecule has 2 saturated heterocycles. The minimum absolute atomic E-state index is 0.0646. The second-order valence-corrected chi connectivity index (χ2v) is 9.05. The van der Waals surface area contributed by atoms with Crippen LogP contribution >= 0.6 is 0 Å². The topological polar surface area (TPSA) is 36.9 Å². The molecule has 1 spiro atoms. The molecule has 0 saturated carbocycles. The quantitative estimate of drug-likeness (QED) is 0.685. The monoisotopic (exact) mass is 300 g/mol. The molecule has 2 aliphatic rings. The summed E-state index contributed by atoms with van der Waals surface area (Å²) in [4.78, 5) is 0. The Kier molecular flexibility index (Phi) is 4.03. The lowest BCUT2D eigenvalue weighted by Gasteiger charge is -2.54. The first kappa shape index (κ1) is 17.2. The molecule has 0 aliphatic carbocycles. The molecule has 0 aromatic rings. The molecule has 4 heteroatoms. The standard InChI is InChI=1S/C17H32O4/c1-13(2,3)15(7)18-9-17(10-19-15)11-20-16(8,21-12-17)14(4,5)6/h9-12H2,1-8H3. The molecule has 0 bridgehead atoms. The van der Waals surface area contributed by atoms with Gasteiger partial charge in [-0.05, 0) is 13.8 Å². The van der Waals surface area contributed by atoms with Gasteiger partial charge in [-0.3, -0.25) is 0 Å². The van der Waals surface area contributed by atoms with Crippen LogP contribution in [0.2, 0.25) is 0 Å². The second-order valence-electron chi connectivity index (χ2n) is 9.05. The first-order valence-corrected chi connectivity index (χ1v) is 7.89. The van der Waals surface area contributed by atoms with Crippen molar-refractivity contribution < 1.29 is 18.9 Å². The number of rotatable bonds is 0. The molecule has 0 aromatic heterocycles. The SMILES string of the molecule is CC(C)(C)C1(C)OCC2(CO1)COC(C)(C(C)(C)C)OC2. The smallest absolute Gasteiger partial charge is 0.170 e. The van der Waals surface area contributed by atoms with E-state index in [0.29, 0.717) is 26.4 Å². The highest BCUT2D eigenvalue weighted by molar-refractivity contribution is 4.93. The van der Waals surface area contributed by atoms with Crippen molar-refractivity contribution in [3.8, 4) is 0 Å². The highest BCUT2D eigenvalue weighted by Gasteiger charge is 2.53. The Labute approximate surface area is 129 Å². The van der Waals surface area contributed by atoms with Crippen LogP contribution in [0.25, 0.3) is 0 Å². The fraction of sp³-hybridized carbons (Fsp3) is 1.00. The van der Waals surface area contributed by atoms with Crippen LogP contribution in [0.4, 0.5) is 0 Å². The highest BCUT2D eigenvalue weighted by Crippen LogP contribution is 2.45. The Hall–Kier alpha value is -0.160. The van der Waals surface area contributed by atoms with Crippen LogP contribution in [0, 0.1) is 16.2 Å². The summed E-state index contributed by atoms with van der Waals surface area (Å²) in [6.45, 7) is 19.3. The molecule has 2 rings (SSSR count). The fourth-order valence-corrected chi connectivity index (χ4v) is 2.36. The summed E-state index contributed by atoms with van der Waals surface area (Å²) < 4.78 is 24.4. The van der Waals surface area contributed by atoms with Crippen LogP contribution in [-0.2, 0) is 18.9 Å². The van der Waals surface area contributed by atoms with Gasteiger partial charge in [0.05, 0.1) is 31.8 Å². The van der Waals surface area contributed by atoms with E-state index in [1.807, 2.05) is 13.8 Å². The average molecular weight is 300 g/mol. The Morgan fingerprint density at radius 1 is 0.571 bits per heavy atom. The summed E-state index contributed by atoms with van der Waals surface area (Å²) in [7, 11) is 0. The highest BCUT2D eigenvalue weighted by atomic mass is 16.7. The van der Waals surface area contributed by atoms with E-state index < -0.39 is 11.6 Å². The first-order chi connectivity index (χ1) is 9.33. The van der Waals surface area contributed by atoms with Crippen LogP contribution in [0.1, 0.15) is 55.4 Å². The van der Waals surface area contributed by atoms with Gasteiger partial charge >= 0.3 is 0 Å². The van der Waals surface area contributed by atoms with Gasteiger partial charge in [0, 0.05) is 10.8 Å². The van der Waals surface area contributed by atoms with E-state index in [-0.39, 0.29) is 16.2 Å². The van der Waals surface area contributed by atoms with Crippen LogP contribution < -0.4 is 0 Å². The van der Waals surface area contributed by atoms with Crippen molar-refractivity contribution in [2.75, 3.05) is 26.4 Å². The van der Waals surface area contributed by atoms with Crippen molar-refractivity contribution in [1.29, 1.82) is 0 Å². The molecule has 124 valence electrons. The number of hydrogen-bond acceptors (Lipinski definition) is 4. The van der Waals surface area contributed by atoms with Crippen molar-refractivity contribution in [3.05, 3.63) is 0 Å². The van der Waals surface area contributed by atoms with Crippen molar-refractivity contribution in [2.24, 2.45) is 16.2 Å². The lowest BCUT2D eigenvalue weighted by molar-refractivity contribution is -0.392. The van der Waals surface area contributed by atoms with Gasteiger partial charge in [-0.25, -0.2) is 0 Å². The zero-order chi connectivity index (χ0) is 16.2. The maximum atomic E-state index is 6.09. The molecular weight excluding hydrogens is 268 g/mol. The van der Waals surface area contributed by atoms with Gasteiger partial charge in [0.15, 0.2) is 11.6 Å². The van der Waals surface area contributed by atoms with Gasteiger partial charge in [-0.15, -0.1) is 0 Å². The molecule has 0 unspecified atom stereocenters. The third-order valence-electron chi connectivity index (χ3n) is 5.34. The van der Waals surface area contributed by atoms with E-state index in [2.05, 4.69) is 41.5 Å². The third kappa shape index (κ3) is 3.00. The third-order valence-corrected chi connectivity index (χ3v) is 5.34. The predicted octanol–water partition coefficient (Wildman–Crippen LogP) is 3.59. The van der Waals surface area contributed by atoms with Crippen LogP contribution in [0.5, 0.6) is 0 Å². The molecule has 21 heavy (non-hydrogen) atoms. The summed E-state index contributed by atoms with van der Waals surface area (Å²) in [5.41, 5.74) is -0.314. The first-order valence-electron chi connectivity index (χ1n) is 7.89. The molecule has 2 aliphatic heterocycles. The van der Waals surface area contributed by atoms with Crippen LogP contribution in [0.3, 0.4) is 0 Å². The van der Waals surface area contributed by atoms with E-state index in [9.17, 15) is 0 Å². The molecule has 0 amide bonds. The molecule has 0 aromatic carbocycles. The Bertz CT molecular complexity index is 331. The zero-order valence-corrected chi connectivity index (χ0v) is 15.0. The summed E-state index contributed by atoms with van der Waals surface area (Å²) in [6, 6.07) is 0. The Morgan fingerprint density at radius 3 is 1.00 bits per heavy atom. The van der Waals surface area contributed by atoms with Gasteiger partial charge in [0.1, 0.15) is 0 Å². The normalized spacial score (nSPS) is 42.3. The number of ether oxygens (including phenoxy) is 4. The van der Waals surface area contributed by atoms with Gasteiger partial charge < -0.3 is 18.9 Å². The lowest BCUT2D eigenvalue weighted by atomic mass is 9.81. The second kappa shape index (κ2) is 4.92. The molecule has 2 heterocycles. The summed E-state index contributed by atoms with van der Waals surface area (Å²) in [5.74, 6) is -1.11. The van der Waals surface area contributed by atoms with Gasteiger partial charge in [0.2, 0.25) is 0 Å². The van der Waals surface area contributed by atoms with E-state index in [1.54, 1.807) is 0 Å². The molecule has 0 atom stereocenters. The summed E-state index contributed by atoms with van der Waals surface area (Å²) >= 11 is 0. The minimum atomic E-state index is -0.553. The zero-order valence-electron chi connectivity index (χ0n) is 15.0. The van der Waals surface area contributed by atoms with Gasteiger partial charge in [0.25, 0.3) is 0 Å². The van der Waals surface area contributed by atoms with Crippen molar-refractivity contribution in [3.63, 3.8) is 0 Å². The maximum absolute atomic E-state index is 6.09. The maximum Gasteiger partial charge on any atom is 0.170 e.